The van der Waals surface area contributed by atoms with Crippen molar-refractivity contribution in [1.29, 1.82) is 0 Å². The lowest BCUT2D eigenvalue weighted by Gasteiger charge is -2.15. The molecule has 0 spiro atoms. The maximum Gasteiger partial charge on any atom is 0.129 e. The van der Waals surface area contributed by atoms with Gasteiger partial charge >= 0.3 is 0 Å². The first-order chi connectivity index (χ1) is 11.4. The molecule has 0 aromatic heterocycles. The number of rotatable bonds is 3. The van der Waals surface area contributed by atoms with Crippen LogP contribution in [-0.4, -0.2) is 15.2 Å². The summed E-state index contributed by atoms with van der Waals surface area (Å²) >= 11 is 5.47. The van der Waals surface area contributed by atoms with Gasteiger partial charge in [0.1, 0.15) is 16.5 Å². The molecule has 24 heavy (non-hydrogen) atoms. The molecule has 0 heterocycles. The lowest BCUT2D eigenvalue weighted by Crippen LogP contribution is -2.21. The molecule has 0 radical (unpaired) electrons. The van der Waals surface area contributed by atoms with Crippen LogP contribution in [0.5, 0.6) is 11.5 Å². The average Bonchev–Trinajstić information content (AvgIpc) is 2.60. The molecule has 3 N–H and O–H groups in total. The van der Waals surface area contributed by atoms with E-state index >= 15 is 0 Å². The van der Waals surface area contributed by atoms with Gasteiger partial charge in [0, 0.05) is 11.8 Å². The topological polar surface area (TPSA) is 52.5 Å². The van der Waals surface area contributed by atoms with Gasteiger partial charge in [-0.3, -0.25) is 0 Å². The molecule has 128 valence electrons. The minimum atomic E-state index is -0.0218. The summed E-state index contributed by atoms with van der Waals surface area (Å²) in [6.07, 6.45) is 10.3. The predicted molar refractivity (Wildman–Crippen MR) is 104 cm³/mol. The van der Waals surface area contributed by atoms with Gasteiger partial charge in [0.2, 0.25) is 0 Å². The molecule has 0 bridgehead atoms. The zero-order chi connectivity index (χ0) is 17.7. The molecule has 0 saturated carbocycles. The Balaban J connectivity index is 2.25. The first kappa shape index (κ1) is 18.3. The minimum absolute atomic E-state index is 0.0218. The summed E-state index contributed by atoms with van der Waals surface area (Å²) in [5.74, 6) is 0.206. The maximum absolute atomic E-state index is 10.1. The number of benzene rings is 1. The van der Waals surface area contributed by atoms with Crippen LogP contribution in [-0.2, 0) is 0 Å². The number of thiocarbonyl (C=S) groups is 1. The van der Waals surface area contributed by atoms with E-state index in [1.54, 1.807) is 6.07 Å². The Kier molecular flexibility index (Phi) is 6.21. The van der Waals surface area contributed by atoms with E-state index in [1.165, 1.54) is 6.07 Å². The van der Waals surface area contributed by atoms with E-state index < -0.39 is 0 Å². The van der Waals surface area contributed by atoms with E-state index in [-0.39, 0.29) is 17.4 Å². The van der Waals surface area contributed by atoms with Crippen LogP contribution in [0.3, 0.4) is 0 Å². The van der Waals surface area contributed by atoms with Crippen molar-refractivity contribution in [3.05, 3.63) is 59.3 Å². The zero-order valence-electron chi connectivity index (χ0n) is 14.3. The number of hydrogen-bond acceptors (Lipinski definition) is 3. The van der Waals surface area contributed by atoms with E-state index in [0.29, 0.717) is 10.6 Å². The van der Waals surface area contributed by atoms with Crippen LogP contribution >= 0.6 is 12.2 Å². The van der Waals surface area contributed by atoms with Crippen molar-refractivity contribution >= 4 is 17.2 Å². The van der Waals surface area contributed by atoms with Crippen molar-refractivity contribution in [2.24, 2.45) is 0 Å². The lowest BCUT2D eigenvalue weighted by atomic mass is 9.98. The van der Waals surface area contributed by atoms with Gasteiger partial charge in [-0.05, 0) is 49.3 Å². The van der Waals surface area contributed by atoms with Crippen LogP contribution in [0.15, 0.2) is 48.2 Å². The summed E-state index contributed by atoms with van der Waals surface area (Å²) in [4.78, 5) is 0.440. The van der Waals surface area contributed by atoms with Crippen LogP contribution in [0.2, 0.25) is 0 Å². The van der Waals surface area contributed by atoms with Crippen LogP contribution in [0.25, 0.3) is 0 Å². The largest absolute Gasteiger partial charge is 0.508 e. The van der Waals surface area contributed by atoms with Crippen LogP contribution in [0, 0.1) is 0 Å². The molecule has 0 saturated heterocycles. The van der Waals surface area contributed by atoms with E-state index in [2.05, 4.69) is 18.0 Å². The second-order valence-corrected chi connectivity index (χ2v) is 6.84. The van der Waals surface area contributed by atoms with Crippen molar-refractivity contribution in [2.75, 3.05) is 0 Å². The third kappa shape index (κ3) is 4.71. The lowest BCUT2D eigenvalue weighted by molar-refractivity contribution is 0.443. The van der Waals surface area contributed by atoms with Crippen LogP contribution in [0.1, 0.15) is 56.6 Å². The Bertz CT molecular complexity index is 702. The highest BCUT2D eigenvalue weighted by Crippen LogP contribution is 2.32. The Hall–Kier alpha value is -2.07. The molecule has 1 aromatic carbocycles. The van der Waals surface area contributed by atoms with Gasteiger partial charge in [-0.25, -0.2) is 0 Å². The average molecular weight is 343 g/mol. The van der Waals surface area contributed by atoms with E-state index in [9.17, 15) is 10.2 Å². The molecule has 1 aromatic rings. The SMILES string of the molecule is C=C1/C=C\C(NC(=S)c2cc(C(C)C)c(O)cc2O)=C/CCCC1. The van der Waals surface area contributed by atoms with Gasteiger partial charge in [0.05, 0.1) is 5.56 Å². The van der Waals surface area contributed by atoms with Crippen LogP contribution in [0.4, 0.5) is 0 Å². The highest BCUT2D eigenvalue weighted by atomic mass is 32.1. The first-order valence-corrected chi connectivity index (χ1v) is 8.72. The standard InChI is InChI=1S/C20H25NO2S/c1-13(2)16-11-17(19(23)12-18(16)22)20(24)21-15-8-6-4-5-7-14(3)9-10-15/h8-13,22-23H,3-7H2,1-2H3,(H,21,24)/b10-9-,15-8+. The predicted octanol–water partition coefficient (Wildman–Crippen LogP) is 5.06. The van der Waals surface area contributed by atoms with Crippen LogP contribution < -0.4 is 5.32 Å². The van der Waals surface area contributed by atoms with Gasteiger partial charge in [-0.15, -0.1) is 0 Å². The first-order valence-electron chi connectivity index (χ1n) is 8.31. The summed E-state index contributed by atoms with van der Waals surface area (Å²) < 4.78 is 0. The van der Waals surface area contributed by atoms with E-state index in [4.69, 9.17) is 12.2 Å². The molecule has 0 fully saturated rings. The van der Waals surface area contributed by atoms with Gasteiger partial charge in [0.15, 0.2) is 0 Å². The Morgan fingerprint density at radius 1 is 1.17 bits per heavy atom. The molecule has 2 rings (SSSR count). The summed E-state index contributed by atoms with van der Waals surface area (Å²) in [5, 5.41) is 23.3. The fourth-order valence-corrected chi connectivity index (χ4v) is 2.92. The molecular formula is C20H25NO2S. The van der Waals surface area contributed by atoms with Gasteiger partial charge < -0.3 is 15.5 Å². The molecule has 3 nitrogen and oxygen atoms in total. The smallest absolute Gasteiger partial charge is 0.129 e. The third-order valence-corrected chi connectivity index (χ3v) is 4.41. The molecular weight excluding hydrogens is 318 g/mol. The van der Waals surface area contributed by atoms with Gasteiger partial charge in [-0.2, -0.15) is 0 Å². The maximum atomic E-state index is 10.1. The molecule has 1 aliphatic carbocycles. The fraction of sp³-hybridized carbons (Fsp3) is 0.350. The van der Waals surface area contributed by atoms with Crippen molar-refractivity contribution in [2.45, 2.75) is 45.4 Å². The molecule has 0 amide bonds. The number of hydrogen-bond donors (Lipinski definition) is 3. The highest BCUT2D eigenvalue weighted by Gasteiger charge is 2.15. The van der Waals surface area contributed by atoms with Crippen molar-refractivity contribution in [3.8, 4) is 11.5 Å². The number of aromatic hydroxyl groups is 2. The number of phenols is 2. The molecule has 0 atom stereocenters. The Morgan fingerprint density at radius 3 is 2.62 bits per heavy atom. The van der Waals surface area contributed by atoms with E-state index in [0.717, 1.165) is 42.5 Å². The molecule has 1 aliphatic rings. The monoisotopic (exact) mass is 343 g/mol. The second-order valence-electron chi connectivity index (χ2n) is 6.43. The summed E-state index contributed by atoms with van der Waals surface area (Å²) in [6.45, 7) is 8.02. The van der Waals surface area contributed by atoms with Crippen molar-refractivity contribution < 1.29 is 10.2 Å². The third-order valence-electron chi connectivity index (χ3n) is 4.08. The number of nitrogens with one attached hydrogen (secondary N) is 1. The Labute approximate surface area is 149 Å². The van der Waals surface area contributed by atoms with E-state index in [1.807, 2.05) is 26.0 Å². The summed E-state index contributed by atoms with van der Waals surface area (Å²) in [6, 6.07) is 3.11. The zero-order valence-corrected chi connectivity index (χ0v) is 15.1. The molecule has 0 aliphatic heterocycles. The second kappa shape index (κ2) is 8.15. The minimum Gasteiger partial charge on any atom is -0.508 e. The molecule has 0 unspecified atom stereocenters. The number of allylic oxidation sites excluding steroid dienone is 4. The van der Waals surface area contributed by atoms with Gasteiger partial charge in [-0.1, -0.05) is 50.4 Å². The molecule has 4 heteroatoms. The van der Waals surface area contributed by atoms with Crippen molar-refractivity contribution in [3.63, 3.8) is 0 Å². The highest BCUT2D eigenvalue weighted by molar-refractivity contribution is 7.80. The Morgan fingerprint density at radius 2 is 1.92 bits per heavy atom. The van der Waals surface area contributed by atoms with Gasteiger partial charge in [0.25, 0.3) is 0 Å². The number of phenolic OH excluding ortho intramolecular Hbond substituents is 2. The fourth-order valence-electron chi connectivity index (χ4n) is 2.64. The normalized spacial score (nSPS) is 19.0. The summed E-state index contributed by atoms with van der Waals surface area (Å²) in [7, 11) is 0. The quantitative estimate of drug-likeness (QED) is 0.672. The van der Waals surface area contributed by atoms with Crippen molar-refractivity contribution in [1.82, 2.24) is 5.32 Å². The summed E-state index contributed by atoms with van der Waals surface area (Å²) in [5.41, 5.74) is 3.30.